The van der Waals surface area contributed by atoms with Crippen molar-refractivity contribution in [3.8, 4) is 0 Å². The number of hydrogen-bond acceptors (Lipinski definition) is 4. The van der Waals surface area contributed by atoms with E-state index in [2.05, 4.69) is 16.0 Å². The molecule has 0 aromatic rings. The third kappa shape index (κ3) is 10.5. The Morgan fingerprint density at radius 3 is 2.26 bits per heavy atom. The molecule has 3 amide bonds. The second kappa shape index (κ2) is 16.9. The summed E-state index contributed by atoms with van der Waals surface area (Å²) < 4.78 is 0. The van der Waals surface area contributed by atoms with Crippen LogP contribution >= 0.6 is 11.8 Å². The number of thioether (sulfide) groups is 1. The predicted octanol–water partition coefficient (Wildman–Crippen LogP) is 3.38. The van der Waals surface area contributed by atoms with Crippen LogP contribution in [-0.4, -0.2) is 47.4 Å². The zero-order chi connectivity index (χ0) is 23.3. The normalized spacial score (nSPS) is 25.5. The molecule has 184 valence electrons. The van der Waals surface area contributed by atoms with Gasteiger partial charge in [-0.2, -0.15) is 11.8 Å². The maximum Gasteiger partial charge on any atom is 2.00 e. The summed E-state index contributed by atoms with van der Waals surface area (Å²) in [4.78, 5) is 35.2. The van der Waals surface area contributed by atoms with Gasteiger partial charge in [-0.3, -0.25) is 9.59 Å². The molecule has 8 heteroatoms. The number of amides is 3. The largest absolute Gasteiger partial charge is 2.00 e. The zero-order valence-corrected chi connectivity index (χ0v) is 21.4. The fourth-order valence-electron chi connectivity index (χ4n) is 4.20. The number of Topliss-reactive ketones (excluding diaryl/α,β-unsaturated/α-hetero) is 1. The molecular formula is C26H35FeN3O3S+2. The number of ketones is 1. The van der Waals surface area contributed by atoms with Crippen molar-refractivity contribution in [3.63, 3.8) is 0 Å². The summed E-state index contributed by atoms with van der Waals surface area (Å²) in [5.74, 6) is 2.09. The topological polar surface area (TPSA) is 87.3 Å². The van der Waals surface area contributed by atoms with E-state index in [1.165, 1.54) is 0 Å². The van der Waals surface area contributed by atoms with Gasteiger partial charge in [-0.25, -0.2) is 4.79 Å². The summed E-state index contributed by atoms with van der Waals surface area (Å²) in [5.41, 5.74) is 0. The van der Waals surface area contributed by atoms with Crippen LogP contribution in [0.5, 0.6) is 0 Å². The summed E-state index contributed by atoms with van der Waals surface area (Å²) in [7, 11) is 0. The molecule has 0 aromatic carbocycles. The van der Waals surface area contributed by atoms with Gasteiger partial charge < -0.3 is 16.0 Å². The average Bonchev–Trinajstić information content (AvgIpc) is 3.60. The number of carbonyl (C=O) groups excluding carboxylic acids is 3. The van der Waals surface area contributed by atoms with Crippen molar-refractivity contribution in [1.29, 1.82) is 0 Å². The van der Waals surface area contributed by atoms with Gasteiger partial charge in [0.1, 0.15) is 5.78 Å². The summed E-state index contributed by atoms with van der Waals surface area (Å²) in [6.45, 7) is 0.684. The summed E-state index contributed by atoms with van der Waals surface area (Å²) in [6.07, 6.45) is 24.3. The van der Waals surface area contributed by atoms with E-state index >= 15 is 0 Å². The minimum absolute atomic E-state index is 0. The van der Waals surface area contributed by atoms with E-state index in [9.17, 15) is 14.4 Å². The van der Waals surface area contributed by atoms with E-state index in [-0.39, 0.29) is 46.9 Å². The van der Waals surface area contributed by atoms with Crippen LogP contribution in [0.1, 0.15) is 51.4 Å². The Labute approximate surface area is 221 Å². The molecule has 10 radical (unpaired) electrons. The van der Waals surface area contributed by atoms with Crippen LogP contribution in [0.4, 0.5) is 4.79 Å². The minimum atomic E-state index is -0.0463. The van der Waals surface area contributed by atoms with Crippen LogP contribution in [0, 0.1) is 63.7 Å². The van der Waals surface area contributed by atoms with E-state index in [0.717, 1.165) is 50.2 Å². The molecule has 4 aliphatic rings. The Hall–Kier alpha value is -0.721. The Balaban J connectivity index is 0.000000603. The van der Waals surface area contributed by atoms with Crippen molar-refractivity contribution in [2.45, 2.75) is 68.7 Å². The standard InChI is InChI=1S/C21H30N3O3S.C5H5.Fe/c25-17(15-8-3-4-9-15)10-2-1-7-13-22-19(26)12-6-5-11-18-20-16(14-28-18)23-21(27)24-20;1-2-4-5-3-1;/h3-4,8-9,16,18,20H,1-2,5-7,10-14H2,(H,22,26)(H2,23,24,27);1-5H;/q;;+2/t16-,18-,20-;;/m0../s1. The molecule has 2 aliphatic carbocycles. The molecule has 34 heavy (non-hydrogen) atoms. The van der Waals surface area contributed by atoms with Gasteiger partial charge >= 0.3 is 23.1 Å². The van der Waals surface area contributed by atoms with Crippen molar-refractivity contribution in [2.75, 3.05) is 12.3 Å². The third-order valence-electron chi connectivity index (χ3n) is 6.02. The van der Waals surface area contributed by atoms with E-state index in [0.29, 0.717) is 24.6 Å². The Morgan fingerprint density at radius 1 is 0.882 bits per heavy atom. The molecule has 0 aromatic heterocycles. The van der Waals surface area contributed by atoms with Gasteiger partial charge in [0.15, 0.2) is 0 Å². The van der Waals surface area contributed by atoms with Crippen molar-refractivity contribution < 1.29 is 31.5 Å². The molecule has 2 heterocycles. The minimum Gasteiger partial charge on any atom is -0.356 e. The molecule has 0 spiro atoms. The van der Waals surface area contributed by atoms with Crippen molar-refractivity contribution in [3.05, 3.63) is 63.7 Å². The monoisotopic (exact) mass is 525 g/mol. The molecule has 4 fully saturated rings. The van der Waals surface area contributed by atoms with Crippen molar-refractivity contribution in [2.24, 2.45) is 0 Å². The molecule has 6 nitrogen and oxygen atoms in total. The molecule has 0 bridgehead atoms. The first kappa shape index (κ1) is 29.5. The number of unbranched alkanes of at least 4 members (excludes halogenated alkanes) is 3. The van der Waals surface area contributed by atoms with Gasteiger partial charge in [0.25, 0.3) is 0 Å². The summed E-state index contributed by atoms with van der Waals surface area (Å²) in [5, 5.41) is 9.39. The Bertz CT molecular complexity index is 619. The quantitative estimate of drug-likeness (QED) is 0.207. The second-order valence-corrected chi connectivity index (χ2v) is 9.86. The first-order chi connectivity index (χ1) is 16.1. The van der Waals surface area contributed by atoms with Crippen molar-refractivity contribution in [1.82, 2.24) is 16.0 Å². The second-order valence-electron chi connectivity index (χ2n) is 8.59. The van der Waals surface area contributed by atoms with Crippen LogP contribution in [0.3, 0.4) is 0 Å². The Morgan fingerprint density at radius 2 is 1.56 bits per heavy atom. The van der Waals surface area contributed by atoms with Crippen LogP contribution in [-0.2, 0) is 26.7 Å². The number of rotatable bonds is 12. The maximum atomic E-state index is 11.9. The Kier molecular flexibility index (Phi) is 14.6. The first-order valence-corrected chi connectivity index (χ1v) is 13.1. The van der Waals surface area contributed by atoms with Gasteiger partial charge in [-0.05, 0) is 83.5 Å². The molecule has 3 atom stereocenters. The van der Waals surface area contributed by atoms with Crippen LogP contribution < -0.4 is 16.0 Å². The van der Waals surface area contributed by atoms with Crippen LogP contribution in [0.25, 0.3) is 0 Å². The number of hydrogen-bond donors (Lipinski definition) is 3. The van der Waals surface area contributed by atoms with E-state index in [1.807, 2.05) is 69.5 Å². The van der Waals surface area contributed by atoms with Gasteiger partial charge in [0, 0.05) is 36.3 Å². The van der Waals surface area contributed by atoms with Gasteiger partial charge in [0.05, 0.1) is 12.1 Å². The molecule has 2 saturated heterocycles. The van der Waals surface area contributed by atoms with Gasteiger partial charge in [-0.1, -0.05) is 12.8 Å². The molecule has 2 saturated carbocycles. The van der Waals surface area contributed by atoms with Gasteiger partial charge in [0.2, 0.25) is 5.91 Å². The summed E-state index contributed by atoms with van der Waals surface area (Å²) in [6, 6.07) is 0.470. The zero-order valence-electron chi connectivity index (χ0n) is 19.5. The molecule has 4 rings (SSSR count). The fourth-order valence-corrected chi connectivity index (χ4v) is 5.75. The third-order valence-corrected chi connectivity index (χ3v) is 7.53. The average molecular weight is 525 g/mol. The number of carbonyl (C=O) groups is 3. The fraction of sp³-hybridized carbons (Fsp3) is 0.500. The maximum absolute atomic E-state index is 11.9. The van der Waals surface area contributed by atoms with Crippen molar-refractivity contribution >= 4 is 29.5 Å². The van der Waals surface area contributed by atoms with E-state index < -0.39 is 0 Å². The van der Waals surface area contributed by atoms with E-state index in [1.54, 1.807) is 0 Å². The first-order valence-electron chi connectivity index (χ1n) is 12.0. The molecular weight excluding hydrogens is 490 g/mol. The molecule has 3 N–H and O–H groups in total. The number of nitrogens with one attached hydrogen (secondary N) is 3. The predicted molar refractivity (Wildman–Crippen MR) is 132 cm³/mol. The summed E-state index contributed by atoms with van der Waals surface area (Å²) >= 11 is 1.92. The van der Waals surface area contributed by atoms with E-state index in [4.69, 9.17) is 0 Å². The van der Waals surface area contributed by atoms with Crippen LogP contribution in [0.2, 0.25) is 0 Å². The number of urea groups is 1. The van der Waals surface area contributed by atoms with Crippen LogP contribution in [0.15, 0.2) is 0 Å². The number of fused-ring (bicyclic) bond motifs is 1. The van der Waals surface area contributed by atoms with Gasteiger partial charge in [-0.15, -0.1) is 0 Å². The smallest absolute Gasteiger partial charge is 0.356 e. The molecule has 2 aliphatic heterocycles. The molecule has 0 unspecified atom stereocenters. The SMILES string of the molecule is O=C(CCCC[C@@H]1SC[C@@H]2NC(=O)N[C@@H]21)NCCCCCC(=O)[C]1[CH][CH][CH][CH]1.[CH]1[CH][CH][CH][CH]1.[Fe+2].